The fourth-order valence-electron chi connectivity index (χ4n) is 13.1. The van der Waals surface area contributed by atoms with Gasteiger partial charge in [0.2, 0.25) is 23.2 Å². The first-order valence-corrected chi connectivity index (χ1v) is 30.6. The lowest BCUT2D eigenvalue weighted by atomic mass is 9.57. The van der Waals surface area contributed by atoms with Crippen molar-refractivity contribution in [2.24, 2.45) is 29.4 Å². The number of aliphatic hydroxyl groups excluding tert-OH is 3. The number of ketones is 4. The number of fused-ring (bicyclic) bond motifs is 7. The van der Waals surface area contributed by atoms with Crippen molar-refractivity contribution in [2.75, 3.05) is 28.2 Å². The number of aryl methyl sites for hydroxylation is 2. The number of ether oxygens (including phenoxy) is 2. The zero-order valence-electron chi connectivity index (χ0n) is 48.4. The summed E-state index contributed by atoms with van der Waals surface area (Å²) in [6.07, 6.45) is 1.13. The molecule has 6 aliphatic carbocycles. The van der Waals surface area contributed by atoms with Crippen LogP contribution in [-0.2, 0) is 49.7 Å². The van der Waals surface area contributed by atoms with Gasteiger partial charge in [-0.05, 0) is 137 Å². The number of primary amides is 1. The molecule has 83 heavy (non-hydrogen) atoms. The topological polar surface area (TPSA) is 298 Å². The number of pyridine rings is 2. The first kappa shape index (κ1) is 58.4. The summed E-state index contributed by atoms with van der Waals surface area (Å²) < 4.78 is 25.6. The van der Waals surface area contributed by atoms with Crippen molar-refractivity contribution in [1.29, 1.82) is 0 Å². The minimum atomic E-state index is -2.86. The lowest BCUT2D eigenvalue weighted by molar-refractivity contribution is -0.153. The van der Waals surface area contributed by atoms with E-state index in [1.165, 1.54) is 4.90 Å². The summed E-state index contributed by atoms with van der Waals surface area (Å²) in [7, 11) is 4.06. The molecule has 1 amide bonds. The summed E-state index contributed by atoms with van der Waals surface area (Å²) in [6.45, 7) is 14.3. The van der Waals surface area contributed by atoms with Crippen LogP contribution in [0.5, 0.6) is 11.8 Å². The maximum Gasteiger partial charge on any atom is 0.265 e. The summed E-state index contributed by atoms with van der Waals surface area (Å²) in [5.41, 5.74) is 4.18. The van der Waals surface area contributed by atoms with Gasteiger partial charge in [0, 0.05) is 34.4 Å². The molecule has 8 atom stereocenters. The molecule has 0 unspecified atom stereocenters. The van der Waals surface area contributed by atoms with Gasteiger partial charge in [0.15, 0.2) is 31.1 Å². The van der Waals surface area contributed by atoms with Crippen LogP contribution in [0.4, 0.5) is 0 Å². The number of rotatable bonds is 11. The van der Waals surface area contributed by atoms with Gasteiger partial charge < -0.3 is 49.6 Å². The summed E-state index contributed by atoms with van der Waals surface area (Å²) in [5, 5.41) is 49.2. The average Bonchev–Trinajstić information content (AvgIpc) is 1.62. The van der Waals surface area contributed by atoms with Crippen molar-refractivity contribution in [1.82, 2.24) is 24.9 Å². The molecule has 7 N–H and O–H groups in total. The molecular weight excluding hydrogens is 1080 g/mol. The fraction of sp³-hybridized carbons (Fsp3) is 0.419. The number of H-pyrrole nitrogens is 1. The van der Waals surface area contributed by atoms with Crippen molar-refractivity contribution in [3.05, 3.63) is 162 Å². The Morgan fingerprint density at radius 2 is 1.28 bits per heavy atom. The highest BCUT2D eigenvalue weighted by Crippen LogP contribution is 2.59. The van der Waals surface area contributed by atoms with E-state index in [1.54, 1.807) is 27.1 Å². The number of aromatic nitrogens is 3. The molecule has 2 fully saturated rings. The Hall–Kier alpha value is -7.82. The van der Waals surface area contributed by atoms with Crippen molar-refractivity contribution in [3.63, 3.8) is 0 Å². The number of carbonyl (C=O) groups excluding carboxylic acids is 5. The average molecular weight is 1150 g/mol. The standard InChI is InChI=1S/C41H47N3O7Si.C21H23N3O7/c1-24-19-27-20-28-21-29-33(44(5)6)35-32(39(43-50-35)49-23-26-17-13-10-14-18-26)37(47)41(29,51-52(7,8)40(2,3)4)36(46)30(28)34(45)31(27)38(42-24)48-22-25-15-11-9-12-16-25;1-7-4-8-5-9-6-10-14(24(2)3)16(26)13(19(22)29)18(28)21(10,31)17(27)11(9)15(25)12(8)20(30)23-7/h9-19,28-29,33,45H,20-23H2,1-8H3;4,9-10,14,25,28,31H,5-6H2,1-3H3,(H2,22,29)(H,23,30)/t28-,29-,33-,41-;9-,10-,14-,21-/m00/s1. The number of Topliss-reactive ketones (excluding diaryl/α,β-unsaturated/α-hetero) is 4. The van der Waals surface area contributed by atoms with Gasteiger partial charge in [-0.2, -0.15) is 0 Å². The van der Waals surface area contributed by atoms with E-state index in [2.05, 4.69) is 35.9 Å². The second-order valence-electron chi connectivity index (χ2n) is 24.7. The molecule has 3 heterocycles. The van der Waals surface area contributed by atoms with Gasteiger partial charge in [-0.25, -0.2) is 4.98 Å². The van der Waals surface area contributed by atoms with Gasteiger partial charge in [-0.3, -0.25) is 38.6 Å². The Balaban J connectivity index is 0.000000211. The number of amides is 1. The Bertz CT molecular complexity index is 3690. The van der Waals surface area contributed by atoms with E-state index in [0.717, 1.165) is 22.4 Å². The van der Waals surface area contributed by atoms with E-state index in [0.29, 0.717) is 35.4 Å². The zero-order valence-corrected chi connectivity index (χ0v) is 49.4. The molecule has 0 spiro atoms. The summed E-state index contributed by atoms with van der Waals surface area (Å²) in [6, 6.07) is 21.3. The second kappa shape index (κ2) is 21.1. The molecule has 3 aromatic heterocycles. The Kier molecular flexibility index (Phi) is 14.8. The molecule has 5 aromatic rings. The Morgan fingerprint density at radius 1 is 0.747 bits per heavy atom. The first-order valence-electron chi connectivity index (χ1n) is 27.7. The monoisotopic (exact) mass is 1150 g/mol. The predicted octanol–water partition coefficient (Wildman–Crippen LogP) is 7.08. The van der Waals surface area contributed by atoms with Crippen LogP contribution in [-0.4, -0.2) is 128 Å². The SMILES string of the molecule is Cc1cc2c(c(=O)[nH]1)C(O)=C1C(=O)[C@]3(O)C(O)=C(C(N)=O)C(=O)[C@@H](N(C)C)[C@@H]3C[C@@H]1C2.Cc1cc2c(c(OCc3ccccc3)n1)C(O)=C1C(=O)[C@]3(O[Si](C)(C)C(C)(C)C)C(=O)c4c(OCc5ccccc5)noc4[C@@H](N(C)C)[C@@H]3C[C@@H]1C2. The molecule has 20 nitrogen and oxygen atoms in total. The highest BCUT2D eigenvalue weighted by atomic mass is 28.4. The van der Waals surface area contributed by atoms with E-state index in [4.69, 9.17) is 24.2 Å². The third kappa shape index (κ3) is 9.45. The van der Waals surface area contributed by atoms with Gasteiger partial charge in [0.05, 0.1) is 23.2 Å². The molecule has 0 bridgehead atoms. The molecule has 436 valence electrons. The van der Waals surface area contributed by atoms with Crippen LogP contribution in [0.3, 0.4) is 0 Å². The number of hydrogen-bond acceptors (Lipinski definition) is 18. The van der Waals surface area contributed by atoms with Gasteiger partial charge in [0.25, 0.3) is 17.3 Å². The number of aromatic amines is 1. The summed E-state index contributed by atoms with van der Waals surface area (Å²) in [4.78, 5) is 92.4. The second-order valence-corrected chi connectivity index (χ2v) is 29.4. The fourth-order valence-corrected chi connectivity index (χ4v) is 14.6. The van der Waals surface area contributed by atoms with Crippen molar-refractivity contribution in [3.8, 4) is 11.8 Å². The molecule has 6 aliphatic rings. The number of hydrogen-bond donors (Lipinski definition) is 6. The van der Waals surface area contributed by atoms with E-state index in [9.17, 15) is 39.6 Å². The first-order chi connectivity index (χ1) is 39.0. The third-order valence-corrected chi connectivity index (χ3v) is 22.3. The number of nitrogens with one attached hydrogen (secondary N) is 1. The minimum Gasteiger partial charge on any atom is -0.508 e. The number of nitrogens with two attached hydrogens (primary N) is 1. The van der Waals surface area contributed by atoms with E-state index in [1.807, 2.05) is 106 Å². The lowest BCUT2D eigenvalue weighted by Crippen LogP contribution is -2.68. The number of aliphatic hydroxyl groups is 4. The van der Waals surface area contributed by atoms with E-state index in [-0.39, 0.29) is 70.9 Å². The molecule has 11 rings (SSSR count). The van der Waals surface area contributed by atoms with Crippen LogP contribution < -0.4 is 20.8 Å². The van der Waals surface area contributed by atoms with Gasteiger partial charge in [-0.1, -0.05) is 81.4 Å². The molecular formula is C62H70N6O14Si. The number of likely N-dealkylation sites (N-methyl/N-ethyl adjacent to an activating group) is 1. The summed E-state index contributed by atoms with van der Waals surface area (Å²) >= 11 is 0. The van der Waals surface area contributed by atoms with Crippen LogP contribution in [0, 0.1) is 37.5 Å². The Morgan fingerprint density at radius 3 is 1.83 bits per heavy atom. The normalized spacial score (nSPS) is 25.6. The van der Waals surface area contributed by atoms with Crippen LogP contribution in [0.15, 0.2) is 105 Å². The zero-order chi connectivity index (χ0) is 60.2. The number of nitrogens with zero attached hydrogens (tertiary/aromatic N) is 4. The predicted molar refractivity (Wildman–Crippen MR) is 307 cm³/mol. The highest BCUT2D eigenvalue weighted by molar-refractivity contribution is 6.74. The molecule has 0 radical (unpaired) electrons. The van der Waals surface area contributed by atoms with Crippen LogP contribution in [0.1, 0.15) is 101 Å². The maximum atomic E-state index is 15.6. The Labute approximate surface area is 480 Å². The largest absolute Gasteiger partial charge is 0.508 e. The molecule has 21 heteroatoms. The van der Waals surface area contributed by atoms with Gasteiger partial charge >= 0.3 is 0 Å². The minimum absolute atomic E-state index is 0.0192. The van der Waals surface area contributed by atoms with Gasteiger partial charge in [-0.15, -0.1) is 0 Å². The van der Waals surface area contributed by atoms with Crippen molar-refractivity contribution < 1.29 is 62.8 Å². The quantitative estimate of drug-likeness (QED) is 0.0437. The van der Waals surface area contributed by atoms with Crippen molar-refractivity contribution in [2.45, 2.75) is 115 Å². The molecule has 0 saturated heterocycles. The highest BCUT2D eigenvalue weighted by Gasteiger charge is 2.69. The molecule has 2 saturated carbocycles. The van der Waals surface area contributed by atoms with Gasteiger partial charge in [0.1, 0.15) is 41.6 Å². The van der Waals surface area contributed by atoms with E-state index < -0.39 is 107 Å². The van der Waals surface area contributed by atoms with Crippen LogP contribution in [0.2, 0.25) is 18.1 Å². The smallest absolute Gasteiger partial charge is 0.265 e. The molecule has 2 aromatic carbocycles. The lowest BCUT2D eigenvalue weighted by Gasteiger charge is -2.55. The van der Waals surface area contributed by atoms with Crippen molar-refractivity contribution >= 4 is 48.9 Å². The van der Waals surface area contributed by atoms with Crippen LogP contribution in [0.25, 0.3) is 11.5 Å². The van der Waals surface area contributed by atoms with E-state index >= 15 is 9.59 Å². The van der Waals surface area contributed by atoms with Crippen LogP contribution >= 0.6 is 0 Å². The number of benzene rings is 2. The summed E-state index contributed by atoms with van der Waals surface area (Å²) in [5.74, 6) is -8.16. The maximum absolute atomic E-state index is 15.6. The number of carbonyl (C=O) groups is 5. The third-order valence-electron chi connectivity index (χ3n) is 17.9. The molecule has 0 aliphatic heterocycles.